The molecule has 0 aliphatic rings. The Labute approximate surface area is 128 Å². The molecule has 19 heavy (non-hydrogen) atoms. The van der Waals surface area contributed by atoms with E-state index in [1.165, 1.54) is 0 Å². The summed E-state index contributed by atoms with van der Waals surface area (Å²) in [7, 11) is 0. The fourth-order valence-electron chi connectivity index (χ4n) is 1.41. The average molecular weight is 352 g/mol. The molecule has 0 radical (unpaired) electrons. The Morgan fingerprint density at radius 3 is 2.47 bits per heavy atom. The fraction of sp³-hybridized carbons (Fsp3) is 0.462. The van der Waals surface area contributed by atoms with Crippen molar-refractivity contribution >= 4 is 34.2 Å². The fourth-order valence-corrected chi connectivity index (χ4v) is 1.67. The van der Waals surface area contributed by atoms with E-state index in [4.69, 9.17) is 10.5 Å². The van der Waals surface area contributed by atoms with E-state index in [1.807, 2.05) is 31.2 Å². The van der Waals surface area contributed by atoms with Gasteiger partial charge in [0, 0.05) is 16.9 Å². The van der Waals surface area contributed by atoms with Gasteiger partial charge in [-0.1, -0.05) is 15.9 Å². The number of rotatable bonds is 6. The van der Waals surface area contributed by atoms with Crippen molar-refractivity contribution in [3.8, 4) is 5.75 Å². The van der Waals surface area contributed by atoms with Crippen molar-refractivity contribution < 1.29 is 9.53 Å². The van der Waals surface area contributed by atoms with E-state index in [0.29, 0.717) is 13.0 Å². The summed E-state index contributed by atoms with van der Waals surface area (Å²) in [6.45, 7) is 4.19. The molecular weight excluding hydrogens is 332 g/mol. The van der Waals surface area contributed by atoms with E-state index in [9.17, 15) is 4.79 Å². The molecular formula is C13H20BrClN2O2. The number of carbonyl (C=O) groups is 1. The highest BCUT2D eigenvalue weighted by Gasteiger charge is 2.08. The molecule has 1 aromatic rings. The second-order valence-electron chi connectivity index (χ2n) is 4.37. The topological polar surface area (TPSA) is 64.4 Å². The third-order valence-electron chi connectivity index (χ3n) is 2.24. The van der Waals surface area contributed by atoms with Crippen LogP contribution in [0.2, 0.25) is 0 Å². The van der Waals surface area contributed by atoms with Crippen molar-refractivity contribution in [1.29, 1.82) is 0 Å². The molecule has 6 heteroatoms. The van der Waals surface area contributed by atoms with Crippen LogP contribution in [0.4, 0.5) is 0 Å². The maximum Gasteiger partial charge on any atom is 0.221 e. The number of benzene rings is 1. The lowest BCUT2D eigenvalue weighted by Gasteiger charge is -2.16. The largest absolute Gasteiger partial charge is 0.489 e. The highest BCUT2D eigenvalue weighted by atomic mass is 79.9. The van der Waals surface area contributed by atoms with Crippen molar-refractivity contribution in [3.63, 3.8) is 0 Å². The van der Waals surface area contributed by atoms with Crippen LogP contribution in [0.1, 0.15) is 20.3 Å². The number of hydrogen-bond donors (Lipinski definition) is 2. The van der Waals surface area contributed by atoms with Crippen LogP contribution in [0, 0.1) is 0 Å². The standard InChI is InChI=1S/C13H19BrN2O2.ClH/c1-9(15)7-13(17)16-8-10(2)18-12-5-3-11(14)4-6-12;/h3-6,9-10H,7-8,15H2,1-2H3,(H,16,17);1H. The van der Waals surface area contributed by atoms with Crippen LogP contribution < -0.4 is 15.8 Å². The molecule has 1 aromatic carbocycles. The van der Waals surface area contributed by atoms with Crippen LogP contribution in [0.25, 0.3) is 0 Å². The normalized spacial score (nSPS) is 13.1. The Morgan fingerprint density at radius 2 is 1.95 bits per heavy atom. The number of halogens is 2. The molecule has 0 aliphatic heterocycles. The molecule has 0 aromatic heterocycles. The Hall–Kier alpha value is -0.780. The van der Waals surface area contributed by atoms with E-state index in [-0.39, 0.29) is 30.5 Å². The minimum Gasteiger partial charge on any atom is -0.489 e. The number of carbonyl (C=O) groups excluding carboxylic acids is 1. The van der Waals surface area contributed by atoms with Crippen molar-refractivity contribution in [2.75, 3.05) is 6.54 Å². The lowest BCUT2D eigenvalue weighted by molar-refractivity contribution is -0.121. The molecule has 2 atom stereocenters. The zero-order valence-corrected chi connectivity index (χ0v) is 13.5. The van der Waals surface area contributed by atoms with E-state index in [2.05, 4.69) is 21.2 Å². The summed E-state index contributed by atoms with van der Waals surface area (Å²) in [6.07, 6.45) is 0.258. The number of nitrogens with two attached hydrogens (primary N) is 1. The van der Waals surface area contributed by atoms with Crippen LogP contribution in [-0.2, 0) is 4.79 Å². The SMILES string of the molecule is CC(N)CC(=O)NCC(C)Oc1ccc(Br)cc1.Cl. The molecule has 0 bridgehead atoms. The van der Waals surface area contributed by atoms with E-state index >= 15 is 0 Å². The Kier molecular flexibility index (Phi) is 8.80. The van der Waals surface area contributed by atoms with E-state index < -0.39 is 0 Å². The van der Waals surface area contributed by atoms with Gasteiger partial charge in [0.05, 0.1) is 6.54 Å². The Balaban J connectivity index is 0.00000324. The van der Waals surface area contributed by atoms with E-state index in [0.717, 1.165) is 10.2 Å². The van der Waals surface area contributed by atoms with Gasteiger partial charge >= 0.3 is 0 Å². The maximum atomic E-state index is 11.4. The van der Waals surface area contributed by atoms with Crippen LogP contribution in [-0.4, -0.2) is 24.6 Å². The summed E-state index contributed by atoms with van der Waals surface area (Å²) in [6, 6.07) is 7.47. The lowest BCUT2D eigenvalue weighted by Crippen LogP contribution is -2.36. The van der Waals surface area contributed by atoms with Crippen LogP contribution in [0.15, 0.2) is 28.7 Å². The Bertz CT molecular complexity index is 385. The van der Waals surface area contributed by atoms with Gasteiger partial charge < -0.3 is 15.8 Å². The molecule has 1 rings (SSSR count). The molecule has 0 aliphatic carbocycles. The average Bonchev–Trinajstić information content (AvgIpc) is 2.29. The summed E-state index contributed by atoms with van der Waals surface area (Å²) in [4.78, 5) is 11.4. The lowest BCUT2D eigenvalue weighted by atomic mass is 10.2. The monoisotopic (exact) mass is 350 g/mol. The third-order valence-corrected chi connectivity index (χ3v) is 2.77. The third kappa shape index (κ3) is 8.08. The van der Waals surface area contributed by atoms with Gasteiger partial charge in [0.25, 0.3) is 0 Å². The second kappa shape index (κ2) is 9.18. The number of nitrogens with one attached hydrogen (secondary N) is 1. The highest BCUT2D eigenvalue weighted by Crippen LogP contribution is 2.17. The summed E-state index contributed by atoms with van der Waals surface area (Å²) in [5, 5.41) is 2.79. The smallest absolute Gasteiger partial charge is 0.221 e. The zero-order valence-electron chi connectivity index (χ0n) is 11.1. The zero-order chi connectivity index (χ0) is 13.5. The first-order valence-electron chi connectivity index (χ1n) is 5.92. The molecule has 1 amide bonds. The molecule has 2 unspecified atom stereocenters. The number of amides is 1. The second-order valence-corrected chi connectivity index (χ2v) is 5.28. The molecule has 0 saturated heterocycles. The number of hydrogen-bond acceptors (Lipinski definition) is 3. The minimum absolute atomic E-state index is 0. The first kappa shape index (κ1) is 18.2. The van der Waals surface area contributed by atoms with Gasteiger partial charge in [-0.05, 0) is 38.1 Å². The van der Waals surface area contributed by atoms with Crippen LogP contribution in [0.5, 0.6) is 5.75 Å². The maximum absolute atomic E-state index is 11.4. The van der Waals surface area contributed by atoms with Gasteiger partial charge in [-0.3, -0.25) is 4.79 Å². The first-order valence-corrected chi connectivity index (χ1v) is 6.71. The summed E-state index contributed by atoms with van der Waals surface area (Å²) in [5.41, 5.74) is 5.54. The molecule has 108 valence electrons. The van der Waals surface area contributed by atoms with E-state index in [1.54, 1.807) is 6.92 Å². The summed E-state index contributed by atoms with van der Waals surface area (Å²) in [5.74, 6) is 0.739. The van der Waals surface area contributed by atoms with Gasteiger partial charge in [0.2, 0.25) is 5.91 Å². The molecule has 3 N–H and O–H groups in total. The van der Waals surface area contributed by atoms with Crippen molar-refractivity contribution in [2.24, 2.45) is 5.73 Å². The predicted octanol–water partition coefficient (Wildman–Crippen LogP) is 2.49. The van der Waals surface area contributed by atoms with Gasteiger partial charge in [0.15, 0.2) is 0 Å². The van der Waals surface area contributed by atoms with Crippen molar-refractivity contribution in [1.82, 2.24) is 5.32 Å². The van der Waals surface area contributed by atoms with Gasteiger partial charge in [-0.2, -0.15) is 0 Å². The quantitative estimate of drug-likeness (QED) is 0.827. The summed E-state index contributed by atoms with van der Waals surface area (Å²) < 4.78 is 6.67. The summed E-state index contributed by atoms with van der Waals surface area (Å²) >= 11 is 3.36. The molecule has 4 nitrogen and oxygen atoms in total. The van der Waals surface area contributed by atoms with Crippen LogP contribution >= 0.6 is 28.3 Å². The van der Waals surface area contributed by atoms with Gasteiger partial charge in [-0.25, -0.2) is 0 Å². The van der Waals surface area contributed by atoms with Crippen molar-refractivity contribution in [3.05, 3.63) is 28.7 Å². The highest BCUT2D eigenvalue weighted by molar-refractivity contribution is 9.10. The molecule has 0 fully saturated rings. The first-order chi connectivity index (χ1) is 8.47. The van der Waals surface area contributed by atoms with Gasteiger partial charge in [0.1, 0.15) is 11.9 Å². The molecule has 0 heterocycles. The van der Waals surface area contributed by atoms with Gasteiger partial charge in [-0.15, -0.1) is 12.4 Å². The molecule has 0 spiro atoms. The Morgan fingerprint density at radius 1 is 1.37 bits per heavy atom. The molecule has 0 saturated carbocycles. The predicted molar refractivity (Wildman–Crippen MR) is 82.8 cm³/mol. The minimum atomic E-state index is -0.118. The number of ether oxygens (including phenoxy) is 1. The van der Waals surface area contributed by atoms with Crippen LogP contribution in [0.3, 0.4) is 0 Å². The van der Waals surface area contributed by atoms with Crippen molar-refractivity contribution in [2.45, 2.75) is 32.4 Å².